The molecule has 0 saturated carbocycles. The van der Waals surface area contributed by atoms with Crippen LogP contribution in [0.5, 0.6) is 0 Å². The first-order valence-corrected chi connectivity index (χ1v) is 9.40. The second kappa shape index (κ2) is 9.38. The minimum Gasteiger partial charge on any atom is -0.369 e. The predicted molar refractivity (Wildman–Crippen MR) is 124 cm³/mol. The highest BCUT2D eigenvalue weighted by Crippen LogP contribution is 2.24. The van der Waals surface area contributed by atoms with Gasteiger partial charge in [-0.2, -0.15) is 5.10 Å². The highest BCUT2D eigenvalue weighted by molar-refractivity contribution is 6.01. The summed E-state index contributed by atoms with van der Waals surface area (Å²) in [6.45, 7) is 3.87. The Morgan fingerprint density at radius 3 is 1.93 bits per heavy atom. The van der Waals surface area contributed by atoms with E-state index in [1.807, 2.05) is 48.5 Å². The van der Waals surface area contributed by atoms with Gasteiger partial charge >= 0.3 is 6.03 Å². The first kappa shape index (κ1) is 20.6. The number of nitrogens with two attached hydrogens (primary N) is 2. The normalized spacial score (nSPS) is 10.9. The molecular weight excluding hydrogens is 376 g/mol. The van der Waals surface area contributed by atoms with Gasteiger partial charge in [-0.1, -0.05) is 48.5 Å². The lowest BCUT2D eigenvalue weighted by Crippen LogP contribution is -2.22. The molecule has 0 unspecified atom stereocenters. The summed E-state index contributed by atoms with van der Waals surface area (Å²) in [5.74, 6) is -0.101. The first-order valence-electron chi connectivity index (χ1n) is 9.40. The lowest BCUT2D eigenvalue weighted by molar-refractivity contribution is 0.262. The van der Waals surface area contributed by atoms with Gasteiger partial charge in [0.15, 0.2) is 0 Å². The largest absolute Gasteiger partial charge is 0.369 e. The molecule has 2 amide bonds. The lowest BCUT2D eigenvalue weighted by Gasteiger charge is -2.10. The van der Waals surface area contributed by atoms with Gasteiger partial charge in [0, 0.05) is 11.4 Å². The van der Waals surface area contributed by atoms with Crippen LogP contribution in [0.3, 0.4) is 0 Å². The highest BCUT2D eigenvalue weighted by atomic mass is 16.2. The van der Waals surface area contributed by atoms with Crippen molar-refractivity contribution in [3.63, 3.8) is 0 Å². The Kier molecular flexibility index (Phi) is 6.44. The SMILES string of the molecule is C/C(=N\N=C(N)N)c1ccc(NC(=O)Nc2ccc(-c3ccccc3C)cc2)cc1. The van der Waals surface area contributed by atoms with Gasteiger partial charge in [0.2, 0.25) is 5.96 Å². The van der Waals surface area contributed by atoms with E-state index in [9.17, 15) is 4.79 Å². The zero-order valence-corrected chi connectivity index (χ0v) is 16.9. The molecule has 0 heterocycles. The predicted octanol–water partition coefficient (Wildman–Crippen LogP) is 4.30. The number of benzene rings is 3. The van der Waals surface area contributed by atoms with E-state index < -0.39 is 0 Å². The topological polar surface area (TPSA) is 118 Å². The molecule has 0 aromatic heterocycles. The number of rotatable bonds is 5. The average Bonchev–Trinajstić information content (AvgIpc) is 2.73. The average molecular weight is 400 g/mol. The Morgan fingerprint density at radius 2 is 1.37 bits per heavy atom. The van der Waals surface area contributed by atoms with E-state index in [-0.39, 0.29) is 12.0 Å². The molecule has 30 heavy (non-hydrogen) atoms. The van der Waals surface area contributed by atoms with Gasteiger partial charge < -0.3 is 22.1 Å². The molecule has 0 aliphatic rings. The molecule has 3 aromatic rings. The quantitative estimate of drug-likeness (QED) is 0.290. The number of nitrogens with zero attached hydrogens (tertiary/aromatic N) is 2. The number of carbonyl (C=O) groups excluding carboxylic acids is 1. The van der Waals surface area contributed by atoms with Crippen molar-refractivity contribution >= 4 is 29.1 Å². The number of hydrogen-bond donors (Lipinski definition) is 4. The summed E-state index contributed by atoms with van der Waals surface area (Å²) in [7, 11) is 0. The maximum atomic E-state index is 12.3. The monoisotopic (exact) mass is 400 g/mol. The summed E-state index contributed by atoms with van der Waals surface area (Å²) in [6.07, 6.45) is 0. The lowest BCUT2D eigenvalue weighted by atomic mass is 10.0. The molecule has 152 valence electrons. The van der Waals surface area contributed by atoms with Crippen molar-refractivity contribution in [2.24, 2.45) is 21.7 Å². The zero-order chi connectivity index (χ0) is 21.5. The van der Waals surface area contributed by atoms with Crippen LogP contribution >= 0.6 is 0 Å². The Morgan fingerprint density at radius 1 is 0.800 bits per heavy atom. The maximum Gasteiger partial charge on any atom is 0.323 e. The van der Waals surface area contributed by atoms with Crippen LogP contribution in [0, 0.1) is 6.92 Å². The van der Waals surface area contributed by atoms with Crippen LogP contribution in [-0.4, -0.2) is 17.7 Å². The Labute approximate surface area is 175 Å². The standard InChI is InChI=1S/C23H24N6O/c1-15-5-3-4-6-21(15)18-9-13-20(14-10-18)27-23(30)26-19-11-7-17(8-12-19)16(2)28-29-22(24)25/h3-14H,1-2H3,(H4,24,25,29)(H2,26,27,30)/b28-16+. The van der Waals surface area contributed by atoms with E-state index in [2.05, 4.69) is 39.9 Å². The van der Waals surface area contributed by atoms with Crippen molar-refractivity contribution in [2.45, 2.75) is 13.8 Å². The van der Waals surface area contributed by atoms with Crippen LogP contribution in [0.15, 0.2) is 83.0 Å². The molecule has 0 radical (unpaired) electrons. The Bertz CT molecular complexity index is 1080. The Hall–Kier alpha value is -4.13. The molecule has 0 spiro atoms. The molecule has 0 fully saturated rings. The van der Waals surface area contributed by atoms with Crippen LogP contribution in [0.25, 0.3) is 11.1 Å². The van der Waals surface area contributed by atoms with Crippen LogP contribution in [-0.2, 0) is 0 Å². The van der Waals surface area contributed by atoms with Gasteiger partial charge in [0.05, 0.1) is 5.71 Å². The van der Waals surface area contributed by atoms with Crippen LogP contribution < -0.4 is 22.1 Å². The Balaban J connectivity index is 1.61. The number of guanidine groups is 1. The molecule has 7 nitrogen and oxygen atoms in total. The molecule has 7 heteroatoms. The third kappa shape index (κ3) is 5.45. The highest BCUT2D eigenvalue weighted by Gasteiger charge is 2.05. The smallest absolute Gasteiger partial charge is 0.323 e. The summed E-state index contributed by atoms with van der Waals surface area (Å²) in [6, 6.07) is 22.8. The number of carbonyl (C=O) groups is 1. The fourth-order valence-electron chi connectivity index (χ4n) is 2.91. The number of hydrogen-bond acceptors (Lipinski definition) is 3. The molecule has 3 aromatic carbocycles. The minimum absolute atomic E-state index is 0.101. The van der Waals surface area contributed by atoms with E-state index in [0.29, 0.717) is 17.1 Å². The van der Waals surface area contributed by atoms with Gasteiger partial charge in [-0.3, -0.25) is 0 Å². The van der Waals surface area contributed by atoms with E-state index in [1.54, 1.807) is 19.1 Å². The molecule has 6 N–H and O–H groups in total. The van der Waals surface area contributed by atoms with Crippen LogP contribution in [0.1, 0.15) is 18.1 Å². The fourth-order valence-corrected chi connectivity index (χ4v) is 2.91. The van der Waals surface area contributed by atoms with E-state index in [1.165, 1.54) is 11.1 Å². The second-order valence-electron chi connectivity index (χ2n) is 6.76. The minimum atomic E-state index is -0.322. The van der Waals surface area contributed by atoms with Crippen molar-refractivity contribution in [3.8, 4) is 11.1 Å². The summed E-state index contributed by atoms with van der Waals surface area (Å²) < 4.78 is 0. The molecule has 3 rings (SSSR count). The third-order valence-corrected chi connectivity index (χ3v) is 4.47. The van der Waals surface area contributed by atoms with Gasteiger partial charge in [-0.05, 0) is 60.4 Å². The van der Waals surface area contributed by atoms with E-state index in [4.69, 9.17) is 11.5 Å². The fraction of sp³-hybridized carbons (Fsp3) is 0.0870. The zero-order valence-electron chi connectivity index (χ0n) is 16.9. The van der Waals surface area contributed by atoms with Gasteiger partial charge in [-0.15, -0.1) is 5.10 Å². The van der Waals surface area contributed by atoms with Gasteiger partial charge in [0.1, 0.15) is 0 Å². The van der Waals surface area contributed by atoms with E-state index >= 15 is 0 Å². The molecule has 0 bridgehead atoms. The number of nitrogens with one attached hydrogen (secondary N) is 2. The van der Waals surface area contributed by atoms with Crippen LogP contribution in [0.4, 0.5) is 16.2 Å². The molecule has 0 aliphatic heterocycles. The van der Waals surface area contributed by atoms with Crippen molar-refractivity contribution in [3.05, 3.63) is 83.9 Å². The molecule has 0 aliphatic carbocycles. The number of urea groups is 1. The summed E-state index contributed by atoms with van der Waals surface area (Å²) in [5.41, 5.74) is 16.9. The van der Waals surface area contributed by atoms with Crippen molar-refractivity contribution in [1.82, 2.24) is 0 Å². The van der Waals surface area contributed by atoms with Crippen molar-refractivity contribution < 1.29 is 4.79 Å². The molecule has 0 atom stereocenters. The van der Waals surface area contributed by atoms with Crippen molar-refractivity contribution in [1.29, 1.82) is 0 Å². The van der Waals surface area contributed by atoms with Crippen LogP contribution in [0.2, 0.25) is 0 Å². The number of anilines is 2. The first-order chi connectivity index (χ1) is 14.4. The maximum absolute atomic E-state index is 12.3. The van der Waals surface area contributed by atoms with Crippen molar-refractivity contribution in [2.75, 3.05) is 10.6 Å². The second-order valence-corrected chi connectivity index (χ2v) is 6.76. The third-order valence-electron chi connectivity index (χ3n) is 4.47. The number of aryl methyl sites for hydroxylation is 1. The van der Waals surface area contributed by atoms with Gasteiger partial charge in [-0.25, -0.2) is 4.79 Å². The van der Waals surface area contributed by atoms with E-state index in [0.717, 1.165) is 11.1 Å². The summed E-state index contributed by atoms with van der Waals surface area (Å²) in [4.78, 5) is 12.3. The molecular formula is C23H24N6O. The number of amides is 2. The summed E-state index contributed by atoms with van der Waals surface area (Å²) >= 11 is 0. The van der Waals surface area contributed by atoms with Gasteiger partial charge in [0.25, 0.3) is 0 Å². The molecule has 0 saturated heterocycles. The summed E-state index contributed by atoms with van der Waals surface area (Å²) in [5, 5.41) is 13.2.